The van der Waals surface area contributed by atoms with Crippen molar-refractivity contribution in [2.45, 2.75) is 26.3 Å². The number of ether oxygens (including phenoxy) is 2. The van der Waals surface area contributed by atoms with E-state index in [1.54, 1.807) is 26.2 Å². The van der Waals surface area contributed by atoms with E-state index in [0.717, 1.165) is 5.56 Å². The summed E-state index contributed by atoms with van der Waals surface area (Å²) in [4.78, 5) is 30.9. The first-order valence-corrected chi connectivity index (χ1v) is 7.49. The van der Waals surface area contributed by atoms with E-state index in [9.17, 15) is 9.59 Å². The Morgan fingerprint density at radius 2 is 1.77 bits per heavy atom. The van der Waals surface area contributed by atoms with Crippen LogP contribution >= 0.6 is 0 Å². The summed E-state index contributed by atoms with van der Waals surface area (Å²) in [7, 11) is 1.89. The van der Waals surface area contributed by atoms with Gasteiger partial charge < -0.3 is 9.47 Å². The summed E-state index contributed by atoms with van der Waals surface area (Å²) in [5, 5.41) is 0. The lowest BCUT2D eigenvalue weighted by Gasteiger charge is -2.23. The van der Waals surface area contributed by atoms with Crippen molar-refractivity contribution in [3.05, 3.63) is 30.1 Å². The van der Waals surface area contributed by atoms with Crippen molar-refractivity contribution in [2.75, 3.05) is 26.8 Å². The Morgan fingerprint density at radius 3 is 2.27 bits per heavy atom. The molecule has 6 heteroatoms. The Bertz CT molecular complexity index is 514. The highest BCUT2D eigenvalue weighted by atomic mass is 16.6. The van der Waals surface area contributed by atoms with Crippen LogP contribution in [0.15, 0.2) is 24.5 Å². The first-order valence-electron chi connectivity index (χ1n) is 7.49. The quantitative estimate of drug-likeness (QED) is 0.607. The van der Waals surface area contributed by atoms with Gasteiger partial charge >= 0.3 is 11.9 Å². The maximum atomic E-state index is 12.4. The molecule has 1 unspecified atom stereocenters. The highest BCUT2D eigenvalue weighted by molar-refractivity contribution is 6.01. The van der Waals surface area contributed by atoms with Crippen LogP contribution in [-0.2, 0) is 19.1 Å². The second-order valence-electron chi connectivity index (χ2n) is 5.44. The van der Waals surface area contributed by atoms with E-state index >= 15 is 0 Å². The molecular formula is C16H22N2O4. The maximum absolute atomic E-state index is 12.4. The van der Waals surface area contributed by atoms with Gasteiger partial charge in [-0.25, -0.2) is 0 Å². The highest BCUT2D eigenvalue weighted by Gasteiger charge is 2.56. The van der Waals surface area contributed by atoms with Gasteiger partial charge in [-0.2, -0.15) is 0 Å². The molecule has 6 nitrogen and oxygen atoms in total. The Kier molecular flexibility index (Phi) is 5.13. The predicted molar refractivity (Wildman–Crippen MR) is 79.9 cm³/mol. The molecule has 1 atom stereocenters. The molecule has 1 aliphatic rings. The standard InChI is InChI=1S/C16H22N2O4/c1-4-21-14(19)16(15(20)22-5-2)10-13(18(3)11-16)12-6-8-17-9-7-12/h6-9,13H,4-5,10-11H2,1-3H3. The van der Waals surface area contributed by atoms with Crippen molar-refractivity contribution in [2.24, 2.45) is 5.41 Å². The fraction of sp³-hybridized carbons (Fsp3) is 0.562. The molecule has 1 aromatic heterocycles. The Balaban J connectivity index is 2.32. The second kappa shape index (κ2) is 6.87. The number of rotatable bonds is 5. The van der Waals surface area contributed by atoms with E-state index in [0.29, 0.717) is 6.42 Å². The van der Waals surface area contributed by atoms with Crippen molar-refractivity contribution in [3.63, 3.8) is 0 Å². The number of carbonyl (C=O) groups is 2. The van der Waals surface area contributed by atoms with Crippen LogP contribution in [0.3, 0.4) is 0 Å². The van der Waals surface area contributed by atoms with Gasteiger partial charge in [-0.1, -0.05) is 0 Å². The predicted octanol–water partition coefficient (Wildman–Crippen LogP) is 1.57. The summed E-state index contributed by atoms with van der Waals surface area (Å²) in [6, 6.07) is 3.75. The summed E-state index contributed by atoms with van der Waals surface area (Å²) < 4.78 is 10.3. The van der Waals surface area contributed by atoms with Gasteiger partial charge in [0.05, 0.1) is 13.2 Å². The molecule has 0 spiro atoms. The van der Waals surface area contributed by atoms with Gasteiger partial charge in [0.2, 0.25) is 0 Å². The SMILES string of the molecule is CCOC(=O)C1(C(=O)OCC)CC(c2ccncc2)N(C)C1. The van der Waals surface area contributed by atoms with Crippen LogP contribution in [0.2, 0.25) is 0 Å². The van der Waals surface area contributed by atoms with E-state index in [1.807, 2.05) is 24.1 Å². The Morgan fingerprint density at radius 1 is 1.23 bits per heavy atom. The molecule has 120 valence electrons. The summed E-state index contributed by atoms with van der Waals surface area (Å²) in [6.45, 7) is 4.23. The van der Waals surface area contributed by atoms with E-state index < -0.39 is 17.4 Å². The van der Waals surface area contributed by atoms with E-state index in [1.165, 1.54) is 0 Å². The van der Waals surface area contributed by atoms with Gasteiger partial charge in [0.25, 0.3) is 0 Å². The minimum absolute atomic E-state index is 0.0446. The molecule has 22 heavy (non-hydrogen) atoms. The molecule has 0 bridgehead atoms. The van der Waals surface area contributed by atoms with Crippen LogP contribution in [0, 0.1) is 5.41 Å². The van der Waals surface area contributed by atoms with Crippen LogP contribution in [0.25, 0.3) is 0 Å². The molecular weight excluding hydrogens is 284 g/mol. The minimum Gasteiger partial charge on any atom is -0.465 e. The molecule has 2 heterocycles. The monoisotopic (exact) mass is 306 g/mol. The lowest BCUT2D eigenvalue weighted by Crippen LogP contribution is -2.44. The number of hydrogen-bond donors (Lipinski definition) is 0. The van der Waals surface area contributed by atoms with Crippen molar-refractivity contribution in [3.8, 4) is 0 Å². The second-order valence-corrected chi connectivity index (χ2v) is 5.44. The van der Waals surface area contributed by atoms with Gasteiger partial charge in [-0.15, -0.1) is 0 Å². The normalized spacial score (nSPS) is 20.6. The largest absolute Gasteiger partial charge is 0.465 e. The van der Waals surface area contributed by atoms with Crippen LogP contribution in [-0.4, -0.2) is 48.6 Å². The van der Waals surface area contributed by atoms with E-state index in [4.69, 9.17) is 9.47 Å². The number of hydrogen-bond acceptors (Lipinski definition) is 6. The molecule has 1 fully saturated rings. The van der Waals surface area contributed by atoms with E-state index in [2.05, 4.69) is 4.98 Å². The van der Waals surface area contributed by atoms with Gasteiger partial charge in [0.15, 0.2) is 5.41 Å². The molecule has 0 N–H and O–H groups in total. The molecule has 0 radical (unpaired) electrons. The van der Waals surface area contributed by atoms with Crippen LogP contribution in [0.4, 0.5) is 0 Å². The molecule has 0 amide bonds. The number of carbonyl (C=O) groups excluding carboxylic acids is 2. The first-order chi connectivity index (χ1) is 10.5. The average Bonchev–Trinajstić information content (AvgIpc) is 2.88. The fourth-order valence-electron chi connectivity index (χ4n) is 2.96. The Hall–Kier alpha value is -1.95. The summed E-state index contributed by atoms with van der Waals surface area (Å²) in [5.41, 5.74) is -0.234. The smallest absolute Gasteiger partial charge is 0.324 e. The zero-order valence-electron chi connectivity index (χ0n) is 13.2. The van der Waals surface area contributed by atoms with Crippen molar-refractivity contribution < 1.29 is 19.1 Å². The van der Waals surface area contributed by atoms with Crippen molar-refractivity contribution in [1.29, 1.82) is 0 Å². The highest BCUT2D eigenvalue weighted by Crippen LogP contribution is 2.43. The molecule has 0 aliphatic carbocycles. The maximum Gasteiger partial charge on any atom is 0.324 e. The molecule has 2 rings (SSSR count). The Labute approximate surface area is 130 Å². The third kappa shape index (κ3) is 2.97. The minimum atomic E-state index is -1.26. The van der Waals surface area contributed by atoms with Gasteiger partial charge in [-0.05, 0) is 45.0 Å². The van der Waals surface area contributed by atoms with Gasteiger partial charge in [0.1, 0.15) is 0 Å². The lowest BCUT2D eigenvalue weighted by atomic mass is 9.84. The molecule has 0 aromatic carbocycles. The van der Waals surface area contributed by atoms with Crippen molar-refractivity contribution in [1.82, 2.24) is 9.88 Å². The molecule has 0 saturated carbocycles. The van der Waals surface area contributed by atoms with E-state index in [-0.39, 0.29) is 25.8 Å². The summed E-state index contributed by atoms with van der Waals surface area (Å²) in [6.07, 6.45) is 3.76. The molecule has 1 aromatic rings. The number of pyridine rings is 1. The molecule has 1 aliphatic heterocycles. The first kappa shape index (κ1) is 16.4. The summed E-state index contributed by atoms with van der Waals surface area (Å²) >= 11 is 0. The van der Waals surface area contributed by atoms with Crippen molar-refractivity contribution >= 4 is 11.9 Å². The zero-order valence-corrected chi connectivity index (χ0v) is 13.2. The third-order valence-corrected chi connectivity index (χ3v) is 4.02. The lowest BCUT2D eigenvalue weighted by molar-refractivity contribution is -0.171. The van der Waals surface area contributed by atoms with Gasteiger partial charge in [-0.3, -0.25) is 19.5 Å². The molecule has 1 saturated heterocycles. The topological polar surface area (TPSA) is 68.7 Å². The van der Waals surface area contributed by atoms with Gasteiger partial charge in [0, 0.05) is 25.0 Å². The fourth-order valence-corrected chi connectivity index (χ4v) is 2.96. The van der Waals surface area contributed by atoms with Crippen LogP contribution in [0.1, 0.15) is 31.9 Å². The number of nitrogens with zero attached hydrogens (tertiary/aromatic N) is 2. The number of esters is 2. The number of aromatic nitrogens is 1. The number of likely N-dealkylation sites (tertiary alicyclic amines) is 1. The van der Waals surface area contributed by atoms with Crippen LogP contribution in [0.5, 0.6) is 0 Å². The zero-order chi connectivity index (χ0) is 16.2. The third-order valence-electron chi connectivity index (χ3n) is 4.02. The van der Waals surface area contributed by atoms with Crippen LogP contribution < -0.4 is 0 Å². The summed E-state index contributed by atoms with van der Waals surface area (Å²) in [5.74, 6) is -1.01. The average molecular weight is 306 g/mol.